The van der Waals surface area contributed by atoms with Crippen molar-refractivity contribution in [3.8, 4) is 0 Å². The van der Waals surface area contributed by atoms with E-state index in [-0.39, 0.29) is 12.1 Å². The average Bonchev–Trinajstić information content (AvgIpc) is 2.59. The molecule has 6 nitrogen and oxygen atoms in total. The van der Waals surface area contributed by atoms with Gasteiger partial charge in [-0.1, -0.05) is 36.6 Å². The standard InChI is InChI=1S/C18H22ClN5O/c19-12-5-1-3-7-14(12)23-18-11(17(21)25)9-10-16(24-18)22-15-8-4-2-6-13(15)20/h1,3,5,7,9-10,13,15H,2,4,6,8,20H2,(H2,21,25)(H2,22,23,24). The molecule has 1 aliphatic carbocycles. The number of nitrogens with zero attached hydrogens (tertiary/aromatic N) is 1. The lowest BCUT2D eigenvalue weighted by molar-refractivity contribution is 0.100. The van der Waals surface area contributed by atoms with Crippen molar-refractivity contribution < 1.29 is 4.79 Å². The van der Waals surface area contributed by atoms with Gasteiger partial charge in [0.2, 0.25) is 0 Å². The van der Waals surface area contributed by atoms with Gasteiger partial charge in [-0.15, -0.1) is 0 Å². The van der Waals surface area contributed by atoms with Crippen LogP contribution in [-0.2, 0) is 0 Å². The molecule has 2 atom stereocenters. The quantitative estimate of drug-likeness (QED) is 0.655. The average molecular weight is 360 g/mol. The minimum atomic E-state index is -0.553. The fourth-order valence-corrected chi connectivity index (χ4v) is 3.24. The van der Waals surface area contributed by atoms with Crippen molar-refractivity contribution >= 4 is 34.8 Å². The lowest BCUT2D eigenvalue weighted by Crippen LogP contribution is -2.42. The third-order valence-electron chi connectivity index (χ3n) is 4.44. The Kier molecular flexibility index (Phi) is 5.40. The molecular formula is C18H22ClN5O. The number of benzene rings is 1. The molecule has 0 aliphatic heterocycles. The Morgan fingerprint density at radius 1 is 1.16 bits per heavy atom. The number of primary amides is 1. The van der Waals surface area contributed by atoms with E-state index in [1.165, 1.54) is 0 Å². The molecule has 0 bridgehead atoms. The predicted molar refractivity (Wildman–Crippen MR) is 101 cm³/mol. The third-order valence-corrected chi connectivity index (χ3v) is 4.77. The van der Waals surface area contributed by atoms with Crippen molar-refractivity contribution in [2.75, 3.05) is 10.6 Å². The minimum Gasteiger partial charge on any atom is -0.366 e. The first-order valence-electron chi connectivity index (χ1n) is 8.39. The number of hydrogen-bond acceptors (Lipinski definition) is 5. The van der Waals surface area contributed by atoms with Crippen molar-refractivity contribution in [2.45, 2.75) is 37.8 Å². The molecule has 2 aromatic rings. The first-order chi connectivity index (χ1) is 12.0. The van der Waals surface area contributed by atoms with E-state index in [1.807, 2.05) is 18.2 Å². The maximum absolute atomic E-state index is 11.7. The number of anilines is 3. The number of aromatic nitrogens is 1. The number of nitrogens with one attached hydrogen (secondary N) is 2. The molecule has 1 aromatic carbocycles. The van der Waals surface area contributed by atoms with E-state index in [1.54, 1.807) is 18.2 Å². The van der Waals surface area contributed by atoms with Gasteiger partial charge in [0, 0.05) is 12.1 Å². The van der Waals surface area contributed by atoms with Crippen LogP contribution in [0.1, 0.15) is 36.0 Å². The molecule has 132 valence electrons. The number of amides is 1. The highest BCUT2D eigenvalue weighted by Gasteiger charge is 2.22. The van der Waals surface area contributed by atoms with Crippen molar-refractivity contribution in [3.05, 3.63) is 47.0 Å². The van der Waals surface area contributed by atoms with Gasteiger partial charge in [0.15, 0.2) is 0 Å². The summed E-state index contributed by atoms with van der Waals surface area (Å²) in [5.74, 6) is 0.472. The van der Waals surface area contributed by atoms with Gasteiger partial charge >= 0.3 is 0 Å². The zero-order valence-corrected chi connectivity index (χ0v) is 14.6. The highest BCUT2D eigenvalue weighted by molar-refractivity contribution is 6.33. The van der Waals surface area contributed by atoms with E-state index >= 15 is 0 Å². The number of carbonyl (C=O) groups excluding carboxylic acids is 1. The number of rotatable bonds is 5. The fourth-order valence-electron chi connectivity index (χ4n) is 3.05. The van der Waals surface area contributed by atoms with E-state index in [0.29, 0.717) is 27.9 Å². The van der Waals surface area contributed by atoms with Crippen LogP contribution in [0.25, 0.3) is 0 Å². The maximum Gasteiger partial charge on any atom is 0.252 e. The molecule has 1 amide bonds. The zero-order valence-electron chi connectivity index (χ0n) is 13.8. The lowest BCUT2D eigenvalue weighted by atomic mass is 9.91. The second kappa shape index (κ2) is 7.72. The van der Waals surface area contributed by atoms with Crippen LogP contribution in [0.5, 0.6) is 0 Å². The molecule has 1 fully saturated rings. The fraction of sp³-hybridized carbons (Fsp3) is 0.333. The first kappa shape index (κ1) is 17.5. The van der Waals surface area contributed by atoms with Crippen molar-refractivity contribution in [1.29, 1.82) is 0 Å². The summed E-state index contributed by atoms with van der Waals surface area (Å²) in [5.41, 5.74) is 12.6. The maximum atomic E-state index is 11.7. The molecule has 0 spiro atoms. The molecule has 1 aliphatic rings. The van der Waals surface area contributed by atoms with Gasteiger partial charge in [-0.25, -0.2) is 4.98 Å². The van der Waals surface area contributed by atoms with Crippen molar-refractivity contribution in [1.82, 2.24) is 4.98 Å². The smallest absolute Gasteiger partial charge is 0.252 e. The number of hydrogen-bond donors (Lipinski definition) is 4. The molecule has 2 unspecified atom stereocenters. The zero-order chi connectivity index (χ0) is 17.8. The summed E-state index contributed by atoms with van der Waals surface area (Å²) in [6.07, 6.45) is 4.32. The molecule has 1 aromatic heterocycles. The lowest BCUT2D eigenvalue weighted by Gasteiger charge is -2.29. The SMILES string of the molecule is NC(=O)c1ccc(NC2CCCCC2N)nc1Nc1ccccc1Cl. The Balaban J connectivity index is 1.87. The Bertz CT molecular complexity index is 767. The van der Waals surface area contributed by atoms with Crippen LogP contribution in [0, 0.1) is 0 Å². The Hall–Kier alpha value is -2.31. The summed E-state index contributed by atoms with van der Waals surface area (Å²) in [7, 11) is 0. The van der Waals surface area contributed by atoms with Gasteiger partial charge in [0.05, 0.1) is 16.3 Å². The molecule has 25 heavy (non-hydrogen) atoms. The summed E-state index contributed by atoms with van der Waals surface area (Å²) in [5, 5.41) is 7.01. The number of carbonyl (C=O) groups is 1. The molecule has 1 saturated carbocycles. The van der Waals surface area contributed by atoms with Crippen LogP contribution >= 0.6 is 11.6 Å². The summed E-state index contributed by atoms with van der Waals surface area (Å²) in [6, 6.07) is 10.9. The predicted octanol–water partition coefficient (Wildman–Crippen LogP) is 3.26. The van der Waals surface area contributed by atoms with E-state index in [4.69, 9.17) is 23.1 Å². The summed E-state index contributed by atoms with van der Waals surface area (Å²) < 4.78 is 0. The Morgan fingerprint density at radius 2 is 1.92 bits per heavy atom. The van der Waals surface area contributed by atoms with Crippen molar-refractivity contribution in [2.24, 2.45) is 11.5 Å². The third kappa shape index (κ3) is 4.21. The van der Waals surface area contributed by atoms with E-state index in [9.17, 15) is 4.79 Å². The normalized spacial score (nSPS) is 20.1. The van der Waals surface area contributed by atoms with E-state index in [0.717, 1.165) is 25.7 Å². The molecule has 1 heterocycles. The highest BCUT2D eigenvalue weighted by Crippen LogP contribution is 2.27. The highest BCUT2D eigenvalue weighted by atomic mass is 35.5. The monoisotopic (exact) mass is 359 g/mol. The van der Waals surface area contributed by atoms with Crippen LogP contribution in [0.2, 0.25) is 5.02 Å². The van der Waals surface area contributed by atoms with Gasteiger partial charge in [0.25, 0.3) is 5.91 Å². The largest absolute Gasteiger partial charge is 0.366 e. The second-order valence-corrected chi connectivity index (χ2v) is 6.67. The van der Waals surface area contributed by atoms with Crippen LogP contribution < -0.4 is 22.1 Å². The Morgan fingerprint density at radius 3 is 2.64 bits per heavy atom. The molecule has 3 rings (SSSR count). The molecule has 0 saturated heterocycles. The second-order valence-electron chi connectivity index (χ2n) is 6.26. The molecular weight excluding hydrogens is 338 g/mol. The topological polar surface area (TPSA) is 106 Å². The molecule has 7 heteroatoms. The summed E-state index contributed by atoms with van der Waals surface area (Å²) in [6.45, 7) is 0. The van der Waals surface area contributed by atoms with Crippen LogP contribution in [-0.4, -0.2) is 23.0 Å². The van der Waals surface area contributed by atoms with Gasteiger partial charge < -0.3 is 22.1 Å². The molecule has 6 N–H and O–H groups in total. The van der Waals surface area contributed by atoms with Crippen LogP contribution in [0.4, 0.5) is 17.3 Å². The van der Waals surface area contributed by atoms with Crippen LogP contribution in [0.15, 0.2) is 36.4 Å². The summed E-state index contributed by atoms with van der Waals surface area (Å²) in [4.78, 5) is 16.2. The van der Waals surface area contributed by atoms with Gasteiger partial charge in [0.1, 0.15) is 11.6 Å². The molecule has 0 radical (unpaired) electrons. The number of pyridine rings is 1. The first-order valence-corrected chi connectivity index (χ1v) is 8.77. The number of para-hydroxylation sites is 1. The van der Waals surface area contributed by atoms with Gasteiger partial charge in [-0.05, 0) is 37.1 Å². The Labute approximate surface area is 152 Å². The number of halogens is 1. The summed E-state index contributed by atoms with van der Waals surface area (Å²) >= 11 is 6.18. The number of nitrogens with two attached hydrogens (primary N) is 2. The minimum absolute atomic E-state index is 0.103. The van der Waals surface area contributed by atoms with Crippen LogP contribution in [0.3, 0.4) is 0 Å². The van der Waals surface area contributed by atoms with Gasteiger partial charge in [-0.3, -0.25) is 4.79 Å². The van der Waals surface area contributed by atoms with Crippen molar-refractivity contribution in [3.63, 3.8) is 0 Å². The van der Waals surface area contributed by atoms with E-state index in [2.05, 4.69) is 15.6 Å². The van der Waals surface area contributed by atoms with Gasteiger partial charge in [-0.2, -0.15) is 0 Å². The van der Waals surface area contributed by atoms with E-state index < -0.39 is 5.91 Å².